The average molecular weight is 501 g/mol. The van der Waals surface area contributed by atoms with Crippen molar-refractivity contribution in [2.45, 2.75) is 31.0 Å². The van der Waals surface area contributed by atoms with Crippen LogP contribution in [0.3, 0.4) is 0 Å². The number of aryl methyl sites for hydroxylation is 1. The molecule has 12 heteroatoms. The first-order valence-electron chi connectivity index (χ1n) is 9.59. The number of sulfonamides is 1. The van der Waals surface area contributed by atoms with E-state index in [0.717, 1.165) is 5.56 Å². The largest absolute Gasteiger partial charge is 0.597 e. The highest BCUT2D eigenvalue weighted by atomic mass is 35.5. The normalized spacial score (nSPS) is 19.9. The molecule has 9 nitrogen and oxygen atoms in total. The summed E-state index contributed by atoms with van der Waals surface area (Å²) >= 11 is 12.4. The monoisotopic (exact) mass is 500 g/mol. The topological polar surface area (TPSA) is 105 Å². The van der Waals surface area contributed by atoms with Crippen LogP contribution >= 0.6 is 23.2 Å². The number of amides is 1. The number of carbonyl (C=O) groups excluding carboxylic acids is 1. The first-order valence-corrected chi connectivity index (χ1v) is 11.8. The first kappa shape index (κ1) is 24.2. The maximum absolute atomic E-state index is 13.6. The lowest BCUT2D eigenvalue weighted by Gasteiger charge is -2.31. The molecule has 0 N–H and O–H groups in total. The van der Waals surface area contributed by atoms with E-state index in [-0.39, 0.29) is 21.3 Å². The maximum atomic E-state index is 13.6. The third-order valence-corrected chi connectivity index (χ3v) is 7.45. The fraction of sp³-hybridized carbons (Fsp3) is 0.350. The van der Waals surface area contributed by atoms with Gasteiger partial charge in [-0.3, -0.25) is 4.79 Å². The Morgan fingerprint density at radius 1 is 1.25 bits per heavy atom. The Hall–Kier alpha value is -2.40. The molecule has 0 aliphatic carbocycles. The Morgan fingerprint density at radius 2 is 1.91 bits per heavy atom. The molecule has 1 heterocycles. The highest BCUT2D eigenvalue weighted by Crippen LogP contribution is 2.41. The van der Waals surface area contributed by atoms with Gasteiger partial charge in [0.15, 0.2) is 5.28 Å². The summed E-state index contributed by atoms with van der Waals surface area (Å²) < 4.78 is 28.3. The van der Waals surface area contributed by atoms with Crippen molar-refractivity contribution < 1.29 is 22.9 Å². The fourth-order valence-corrected chi connectivity index (χ4v) is 5.77. The van der Waals surface area contributed by atoms with Crippen LogP contribution in [0, 0.1) is 12.1 Å². The van der Waals surface area contributed by atoms with E-state index in [9.17, 15) is 18.4 Å². The van der Waals surface area contributed by atoms with Gasteiger partial charge in [0.2, 0.25) is 10.0 Å². The molecule has 1 aliphatic rings. The Morgan fingerprint density at radius 3 is 2.50 bits per heavy atom. The molecule has 1 amide bonds. The van der Waals surface area contributed by atoms with Gasteiger partial charge < -0.3 is 14.9 Å². The van der Waals surface area contributed by atoms with Crippen molar-refractivity contribution in [3.8, 4) is 0 Å². The van der Waals surface area contributed by atoms with E-state index in [0.29, 0.717) is 10.6 Å². The minimum Gasteiger partial charge on any atom is -0.597 e. The minimum atomic E-state index is -4.01. The molecule has 2 unspecified atom stereocenters. The van der Waals surface area contributed by atoms with E-state index in [1.807, 2.05) is 6.92 Å². The number of carbonyl (C=O) groups is 1. The van der Waals surface area contributed by atoms with Crippen LogP contribution in [0.1, 0.15) is 24.2 Å². The quantitative estimate of drug-likeness (QED) is 0.341. The third-order valence-electron chi connectivity index (χ3n) is 5.05. The van der Waals surface area contributed by atoms with Gasteiger partial charge in [0, 0.05) is 28.2 Å². The maximum Gasteiger partial charge on any atom is 0.294 e. The standard InChI is InChI=1S/C20H22Cl2N4O5S/c1-13-4-7-16(8-5-13)32(29,30)24-11-14(2)26(19(27)12-25(28)23-31-3)20(24)17-9-6-15(21)10-18(17)22/h4-10,14,20H,11-12H2,1-3H3/b25-23-. The van der Waals surface area contributed by atoms with Gasteiger partial charge in [0.1, 0.15) is 13.3 Å². The number of hydroxylamine groups is 1. The second kappa shape index (κ2) is 9.62. The summed E-state index contributed by atoms with van der Waals surface area (Å²) in [4.78, 5) is 18.9. The molecule has 172 valence electrons. The molecule has 0 spiro atoms. The molecule has 0 bridgehead atoms. The van der Waals surface area contributed by atoms with E-state index in [2.05, 4.69) is 10.1 Å². The van der Waals surface area contributed by atoms with Crippen molar-refractivity contribution >= 4 is 39.1 Å². The Labute approximate surface area is 196 Å². The van der Waals surface area contributed by atoms with Crippen LogP contribution < -0.4 is 0 Å². The van der Waals surface area contributed by atoms with E-state index < -0.39 is 34.7 Å². The lowest BCUT2D eigenvalue weighted by Crippen LogP contribution is -2.42. The van der Waals surface area contributed by atoms with Gasteiger partial charge in [0.25, 0.3) is 12.5 Å². The third kappa shape index (κ3) is 4.83. The van der Waals surface area contributed by atoms with Crippen LogP contribution in [0.15, 0.2) is 52.6 Å². The Balaban J connectivity index is 2.11. The summed E-state index contributed by atoms with van der Waals surface area (Å²) in [6.45, 7) is 2.90. The Kier molecular flexibility index (Phi) is 7.29. The van der Waals surface area contributed by atoms with E-state index in [1.165, 1.54) is 34.5 Å². The van der Waals surface area contributed by atoms with Gasteiger partial charge in [0.05, 0.1) is 4.90 Å². The lowest BCUT2D eigenvalue weighted by atomic mass is 10.1. The average Bonchev–Trinajstić information content (AvgIpc) is 3.06. The van der Waals surface area contributed by atoms with E-state index in [4.69, 9.17) is 23.2 Å². The van der Waals surface area contributed by atoms with E-state index in [1.54, 1.807) is 31.2 Å². The molecular weight excluding hydrogens is 479 g/mol. The summed E-state index contributed by atoms with van der Waals surface area (Å²) in [5, 5.41) is 15.5. The zero-order chi connectivity index (χ0) is 23.6. The molecule has 2 atom stereocenters. The second-order valence-corrected chi connectivity index (χ2v) is 10.1. The van der Waals surface area contributed by atoms with Crippen LogP contribution in [-0.4, -0.2) is 54.6 Å². The highest BCUT2D eigenvalue weighted by molar-refractivity contribution is 7.89. The van der Waals surface area contributed by atoms with E-state index >= 15 is 0 Å². The van der Waals surface area contributed by atoms with Crippen LogP contribution in [0.4, 0.5) is 0 Å². The number of halogens is 2. The van der Waals surface area contributed by atoms with Crippen LogP contribution in [0.25, 0.3) is 0 Å². The van der Waals surface area contributed by atoms with Crippen LogP contribution in [0.5, 0.6) is 0 Å². The lowest BCUT2D eigenvalue weighted by molar-refractivity contribution is -0.547. The summed E-state index contributed by atoms with van der Waals surface area (Å²) in [6, 6.07) is 10.5. The second-order valence-electron chi connectivity index (χ2n) is 7.35. The van der Waals surface area contributed by atoms with Gasteiger partial charge in [-0.05, 0) is 43.0 Å². The molecule has 1 saturated heterocycles. The highest BCUT2D eigenvalue weighted by Gasteiger charge is 2.48. The molecule has 0 radical (unpaired) electrons. The zero-order valence-corrected chi connectivity index (χ0v) is 19.9. The number of hydrogen-bond donors (Lipinski definition) is 0. The molecule has 1 fully saturated rings. The SMILES string of the molecule is CO/N=[N+](\[O-])CC(=O)N1C(C)CN(S(=O)(=O)c2ccc(C)cc2)C1c1ccc(Cl)cc1Cl. The summed E-state index contributed by atoms with van der Waals surface area (Å²) in [5.41, 5.74) is 1.27. The molecule has 0 saturated carbocycles. The number of benzene rings is 2. The van der Waals surface area contributed by atoms with Crippen LogP contribution in [0.2, 0.25) is 10.0 Å². The molecule has 2 aromatic carbocycles. The molecular formula is C20H22Cl2N4O5S. The summed E-state index contributed by atoms with van der Waals surface area (Å²) in [7, 11) is -2.83. The molecule has 0 aromatic heterocycles. The summed E-state index contributed by atoms with van der Waals surface area (Å²) in [6.07, 6.45) is -1.08. The van der Waals surface area contributed by atoms with Crippen molar-refractivity contribution in [3.05, 3.63) is 68.8 Å². The summed E-state index contributed by atoms with van der Waals surface area (Å²) in [5.74, 6) is -0.633. The predicted octanol–water partition coefficient (Wildman–Crippen LogP) is 3.75. The van der Waals surface area contributed by atoms with Gasteiger partial charge >= 0.3 is 0 Å². The first-order chi connectivity index (χ1) is 15.1. The molecule has 1 aliphatic heterocycles. The zero-order valence-electron chi connectivity index (χ0n) is 17.6. The molecule has 32 heavy (non-hydrogen) atoms. The van der Waals surface area contributed by atoms with Crippen molar-refractivity contribution in [2.75, 3.05) is 20.2 Å². The van der Waals surface area contributed by atoms with Crippen molar-refractivity contribution in [2.24, 2.45) is 5.28 Å². The van der Waals surface area contributed by atoms with Crippen molar-refractivity contribution in [1.29, 1.82) is 0 Å². The van der Waals surface area contributed by atoms with Gasteiger partial charge in [-0.2, -0.15) is 4.31 Å². The smallest absolute Gasteiger partial charge is 0.294 e. The van der Waals surface area contributed by atoms with Gasteiger partial charge in [-0.25, -0.2) is 8.42 Å². The molecule has 2 aromatic rings. The predicted molar refractivity (Wildman–Crippen MR) is 119 cm³/mol. The molecule has 3 rings (SSSR count). The Bertz CT molecular complexity index is 1140. The number of nitrogens with zero attached hydrogens (tertiary/aromatic N) is 4. The van der Waals surface area contributed by atoms with Crippen molar-refractivity contribution in [3.63, 3.8) is 0 Å². The number of rotatable bonds is 6. The van der Waals surface area contributed by atoms with Crippen molar-refractivity contribution in [1.82, 2.24) is 9.21 Å². The van der Waals surface area contributed by atoms with Gasteiger partial charge in [-0.15, -0.1) is 0 Å². The van der Waals surface area contributed by atoms with Gasteiger partial charge in [-0.1, -0.05) is 47.0 Å². The fourth-order valence-electron chi connectivity index (χ4n) is 3.62. The number of hydrogen-bond acceptors (Lipinski definition) is 6. The van der Waals surface area contributed by atoms with Crippen LogP contribution in [-0.2, 0) is 19.7 Å². The minimum absolute atomic E-state index is 0.00580.